The fraction of sp³-hybridized carbons (Fsp3) is 0.0725. The van der Waals surface area contributed by atoms with Gasteiger partial charge < -0.3 is 16.0 Å². The van der Waals surface area contributed by atoms with Crippen molar-refractivity contribution >= 4 is 40.1 Å². The third kappa shape index (κ3) is 6.69. The second-order valence-electron chi connectivity index (χ2n) is 19.8. The molecule has 0 aromatic heterocycles. The lowest BCUT2D eigenvalue weighted by Crippen LogP contribution is -2.28. The van der Waals surface area contributed by atoms with Gasteiger partial charge in [-0.2, -0.15) is 0 Å². The van der Waals surface area contributed by atoms with Crippen LogP contribution in [0.15, 0.2) is 255 Å². The lowest BCUT2D eigenvalue weighted by Gasteiger charge is -2.35. The van der Waals surface area contributed by atoms with E-state index in [-0.39, 0.29) is 5.41 Å². The molecule has 0 radical (unpaired) electrons. The number of nitrogens with two attached hydrogens (primary N) is 1. The van der Waals surface area contributed by atoms with Gasteiger partial charge in [-0.3, -0.25) is 0 Å². The first kappa shape index (κ1) is 43.3. The topological polar surface area (TPSA) is 41.3 Å². The lowest BCUT2D eigenvalue weighted by molar-refractivity contribution is 0.660. The van der Waals surface area contributed by atoms with Crippen LogP contribution < -0.4 is 16.0 Å². The highest BCUT2D eigenvalue weighted by atomic mass is 15.2. The van der Waals surface area contributed by atoms with Gasteiger partial charge in [0.2, 0.25) is 0 Å². The fourth-order valence-electron chi connectivity index (χ4n) is 12.3. The molecule has 1 aliphatic heterocycles. The number of nitrogens with one attached hydrogen (secondary N) is 1. The zero-order valence-corrected chi connectivity index (χ0v) is 40.4. The standard InChI is InChI=1S/C69H53N3/c1-68(2)56-36-20-18-34-53(56)64-58(68)38-22-40-61(64)72(62-41-23-39-59-65(62)54-35-19-21-37-57(54)69(59,50-30-14-6-15-31-50)51-32-16-7-17-33-51)52-43-42-49-44-60(46-24-8-3-9-25-46)71-67(55(49)45-52)63(47-26-10-4-11-27-47)66(70)48-28-12-5-13-29-48/h3-45,66,71H,70H2,1-2H3/b67-63-. The highest BCUT2D eigenvalue weighted by Crippen LogP contribution is 2.61. The molecule has 0 fully saturated rings. The number of hydrogen-bond donors (Lipinski definition) is 2. The third-order valence-electron chi connectivity index (χ3n) is 15.6. The molecule has 0 bridgehead atoms. The van der Waals surface area contributed by atoms with Crippen LogP contribution in [0.5, 0.6) is 0 Å². The molecule has 3 nitrogen and oxygen atoms in total. The van der Waals surface area contributed by atoms with E-state index in [9.17, 15) is 0 Å². The molecule has 72 heavy (non-hydrogen) atoms. The molecule has 0 spiro atoms. The van der Waals surface area contributed by atoms with Crippen molar-refractivity contribution in [3.63, 3.8) is 0 Å². The van der Waals surface area contributed by atoms with E-state index in [1.165, 1.54) is 55.6 Å². The first-order valence-electron chi connectivity index (χ1n) is 25.1. The molecule has 10 aromatic rings. The van der Waals surface area contributed by atoms with Gasteiger partial charge in [0.1, 0.15) is 0 Å². The van der Waals surface area contributed by atoms with Crippen molar-refractivity contribution in [1.82, 2.24) is 5.32 Å². The van der Waals surface area contributed by atoms with E-state index >= 15 is 0 Å². The summed E-state index contributed by atoms with van der Waals surface area (Å²) in [5.41, 5.74) is 31.1. The van der Waals surface area contributed by atoms with E-state index < -0.39 is 11.5 Å². The molecule has 0 amide bonds. The minimum atomic E-state index is -0.574. The maximum atomic E-state index is 7.56. The minimum absolute atomic E-state index is 0.207. The van der Waals surface area contributed by atoms with E-state index in [4.69, 9.17) is 5.73 Å². The molecule has 1 unspecified atom stereocenters. The summed E-state index contributed by atoms with van der Waals surface area (Å²) >= 11 is 0. The Hall–Kier alpha value is -8.76. The summed E-state index contributed by atoms with van der Waals surface area (Å²) in [6.45, 7) is 4.74. The minimum Gasteiger partial charge on any atom is -0.354 e. The number of hydrogen-bond acceptors (Lipinski definition) is 3. The zero-order chi connectivity index (χ0) is 48.4. The van der Waals surface area contributed by atoms with Gasteiger partial charge >= 0.3 is 0 Å². The molecule has 3 heteroatoms. The maximum absolute atomic E-state index is 7.56. The van der Waals surface area contributed by atoms with E-state index in [2.05, 4.69) is 285 Å². The molecule has 13 rings (SSSR count). The summed E-state index contributed by atoms with van der Waals surface area (Å²) in [5.74, 6) is 0. The Balaban J connectivity index is 1.13. The van der Waals surface area contributed by atoms with E-state index in [0.717, 1.165) is 61.8 Å². The van der Waals surface area contributed by atoms with Crippen LogP contribution in [-0.4, -0.2) is 0 Å². The Morgan fingerprint density at radius 2 is 0.958 bits per heavy atom. The van der Waals surface area contributed by atoms with Crippen LogP contribution in [0.4, 0.5) is 17.1 Å². The molecule has 10 aromatic carbocycles. The fourth-order valence-corrected chi connectivity index (χ4v) is 12.3. The number of rotatable bonds is 9. The van der Waals surface area contributed by atoms with Crippen LogP contribution >= 0.6 is 0 Å². The largest absolute Gasteiger partial charge is 0.354 e. The van der Waals surface area contributed by atoms with Crippen molar-refractivity contribution < 1.29 is 0 Å². The van der Waals surface area contributed by atoms with Gasteiger partial charge in [0.05, 0.1) is 28.5 Å². The molecule has 3 N–H and O–H groups in total. The predicted molar refractivity (Wildman–Crippen MR) is 300 cm³/mol. The quantitative estimate of drug-likeness (QED) is 0.152. The molecule has 3 aliphatic rings. The molecule has 0 saturated carbocycles. The number of anilines is 3. The zero-order valence-electron chi connectivity index (χ0n) is 40.4. The van der Waals surface area contributed by atoms with Gasteiger partial charge in [0.25, 0.3) is 0 Å². The molecule has 1 atom stereocenters. The van der Waals surface area contributed by atoms with Crippen molar-refractivity contribution in [3.8, 4) is 22.3 Å². The van der Waals surface area contributed by atoms with Gasteiger partial charge in [0.15, 0.2) is 0 Å². The van der Waals surface area contributed by atoms with Gasteiger partial charge in [0, 0.05) is 39.1 Å². The Bertz CT molecular complexity index is 3700. The molecular formula is C69H53N3. The van der Waals surface area contributed by atoms with Crippen LogP contribution in [-0.2, 0) is 10.8 Å². The Morgan fingerprint density at radius 3 is 1.60 bits per heavy atom. The summed E-state index contributed by atoms with van der Waals surface area (Å²) in [4.78, 5) is 2.56. The van der Waals surface area contributed by atoms with Crippen molar-refractivity contribution in [3.05, 3.63) is 316 Å². The van der Waals surface area contributed by atoms with Crippen LogP contribution in [0.1, 0.15) is 81.1 Å². The van der Waals surface area contributed by atoms with E-state index in [0.29, 0.717) is 0 Å². The van der Waals surface area contributed by atoms with Crippen molar-refractivity contribution in [1.29, 1.82) is 0 Å². The van der Waals surface area contributed by atoms with Crippen LogP contribution in [0.3, 0.4) is 0 Å². The first-order chi connectivity index (χ1) is 35.4. The second-order valence-corrected chi connectivity index (χ2v) is 19.8. The highest BCUT2D eigenvalue weighted by molar-refractivity contribution is 6.06. The van der Waals surface area contributed by atoms with Gasteiger partial charge in [-0.1, -0.05) is 244 Å². The van der Waals surface area contributed by atoms with Crippen molar-refractivity contribution in [2.45, 2.75) is 30.7 Å². The maximum Gasteiger partial charge on any atom is 0.0714 e. The van der Waals surface area contributed by atoms with Crippen molar-refractivity contribution in [2.24, 2.45) is 5.73 Å². The molecule has 1 heterocycles. The summed E-state index contributed by atoms with van der Waals surface area (Å²) in [5, 5.41) is 4.03. The molecule has 344 valence electrons. The molecular weight excluding hydrogens is 871 g/mol. The lowest BCUT2D eigenvalue weighted by atomic mass is 9.68. The number of nitrogens with zero attached hydrogens (tertiary/aromatic N) is 1. The van der Waals surface area contributed by atoms with E-state index in [1.54, 1.807) is 0 Å². The Kier molecular flexibility index (Phi) is 10.4. The van der Waals surface area contributed by atoms with Gasteiger partial charge in [-0.25, -0.2) is 0 Å². The Labute approximate surface area is 422 Å². The third-order valence-corrected chi connectivity index (χ3v) is 15.6. The average Bonchev–Trinajstić information content (AvgIpc) is 3.88. The second kappa shape index (κ2) is 17.3. The average molecular weight is 924 g/mol. The van der Waals surface area contributed by atoms with Crippen LogP contribution in [0, 0.1) is 0 Å². The molecule has 0 saturated heterocycles. The first-order valence-corrected chi connectivity index (χ1v) is 25.1. The van der Waals surface area contributed by atoms with E-state index in [1.807, 2.05) is 0 Å². The number of fused-ring (bicyclic) bond motifs is 7. The van der Waals surface area contributed by atoms with Gasteiger partial charge in [-0.15, -0.1) is 0 Å². The predicted octanol–water partition coefficient (Wildman–Crippen LogP) is 16.5. The van der Waals surface area contributed by atoms with Crippen molar-refractivity contribution in [2.75, 3.05) is 4.90 Å². The summed E-state index contributed by atoms with van der Waals surface area (Å²) < 4.78 is 0. The smallest absolute Gasteiger partial charge is 0.0714 e. The Morgan fingerprint density at radius 1 is 0.458 bits per heavy atom. The SMILES string of the molecule is CC1(C)c2ccccc2-c2c(N(c3ccc4c(c3)/C(=C(\c3ccccc3)C(N)c3ccccc3)NC(c3ccccc3)=C4)c3cccc4c3-c3ccccc3C4(c3ccccc3)c3ccccc3)cccc21. The van der Waals surface area contributed by atoms with Gasteiger partial charge in [-0.05, 0) is 97.1 Å². The molecule has 2 aliphatic carbocycles. The number of benzene rings is 10. The highest BCUT2D eigenvalue weighted by Gasteiger charge is 2.48. The summed E-state index contributed by atoms with van der Waals surface area (Å²) in [6, 6.07) is 92.6. The summed E-state index contributed by atoms with van der Waals surface area (Å²) in [7, 11) is 0. The summed E-state index contributed by atoms with van der Waals surface area (Å²) in [6.07, 6.45) is 2.29. The monoisotopic (exact) mass is 923 g/mol. The van der Waals surface area contributed by atoms with Crippen LogP contribution in [0.2, 0.25) is 0 Å². The van der Waals surface area contributed by atoms with Crippen LogP contribution in [0.25, 0.3) is 45.3 Å². The normalized spacial score (nSPS) is 15.4.